The molecule has 5 atom stereocenters. The summed E-state index contributed by atoms with van der Waals surface area (Å²) in [6, 6.07) is -0.803. The SMILES string of the molecule is COC1O[C@H](CO)[C@@H](O)[C@H](O)[C@H]1N.N. The molecule has 1 saturated heterocycles. The van der Waals surface area contributed by atoms with Gasteiger partial charge in [-0.25, -0.2) is 0 Å². The highest BCUT2D eigenvalue weighted by atomic mass is 16.7. The third-order valence-electron chi connectivity index (χ3n) is 2.16. The molecule has 86 valence electrons. The van der Waals surface area contributed by atoms with E-state index in [-0.39, 0.29) is 12.8 Å². The second kappa shape index (κ2) is 5.56. The number of aliphatic hydroxyl groups excluding tert-OH is 3. The highest BCUT2D eigenvalue weighted by Crippen LogP contribution is 2.19. The monoisotopic (exact) mass is 210 g/mol. The number of hydrogen-bond acceptors (Lipinski definition) is 7. The molecule has 0 saturated carbocycles. The first-order valence-corrected chi connectivity index (χ1v) is 4.02. The Morgan fingerprint density at radius 1 is 1.36 bits per heavy atom. The minimum Gasteiger partial charge on any atom is -0.394 e. The maximum Gasteiger partial charge on any atom is 0.175 e. The summed E-state index contributed by atoms with van der Waals surface area (Å²) in [7, 11) is 1.38. The van der Waals surface area contributed by atoms with Gasteiger partial charge in [-0.3, -0.25) is 0 Å². The molecule has 1 unspecified atom stereocenters. The number of ether oxygens (including phenoxy) is 2. The Bertz CT molecular complexity index is 150. The molecule has 0 aromatic heterocycles. The highest BCUT2D eigenvalue weighted by Gasteiger charge is 2.42. The van der Waals surface area contributed by atoms with E-state index in [0.717, 1.165) is 0 Å². The van der Waals surface area contributed by atoms with Crippen LogP contribution < -0.4 is 11.9 Å². The zero-order valence-electron chi connectivity index (χ0n) is 8.04. The van der Waals surface area contributed by atoms with Gasteiger partial charge in [-0.05, 0) is 0 Å². The summed E-state index contributed by atoms with van der Waals surface area (Å²) >= 11 is 0. The van der Waals surface area contributed by atoms with Crippen molar-refractivity contribution in [1.82, 2.24) is 6.15 Å². The molecule has 1 rings (SSSR count). The smallest absolute Gasteiger partial charge is 0.175 e. The molecule has 1 aliphatic heterocycles. The van der Waals surface area contributed by atoms with E-state index in [0.29, 0.717) is 0 Å². The van der Waals surface area contributed by atoms with Gasteiger partial charge in [0.05, 0.1) is 12.6 Å². The van der Waals surface area contributed by atoms with E-state index in [2.05, 4.69) is 0 Å². The second-order valence-electron chi connectivity index (χ2n) is 3.02. The van der Waals surface area contributed by atoms with Crippen molar-refractivity contribution in [3.8, 4) is 0 Å². The molecular formula is C7H18N2O5. The standard InChI is InChI=1S/C7H15NO5.H3N/c1-12-7-4(8)6(11)5(10)3(2-9)13-7;/h3-7,9-11H,2,8H2,1H3;1H3/t3-,4-,5-,6-,7?;/m1./s1. The summed E-state index contributed by atoms with van der Waals surface area (Å²) in [5, 5.41) is 27.5. The van der Waals surface area contributed by atoms with Crippen LogP contribution in [0.25, 0.3) is 0 Å². The van der Waals surface area contributed by atoms with E-state index in [1.807, 2.05) is 0 Å². The summed E-state index contributed by atoms with van der Waals surface area (Å²) in [5.41, 5.74) is 5.50. The average molecular weight is 210 g/mol. The first kappa shape index (κ1) is 13.7. The molecule has 7 nitrogen and oxygen atoms in total. The molecule has 0 aromatic carbocycles. The van der Waals surface area contributed by atoms with Gasteiger partial charge in [0, 0.05) is 7.11 Å². The third-order valence-corrected chi connectivity index (χ3v) is 2.16. The van der Waals surface area contributed by atoms with Gasteiger partial charge < -0.3 is 36.7 Å². The lowest BCUT2D eigenvalue weighted by Crippen LogP contribution is -2.62. The number of methoxy groups -OCH3 is 1. The molecule has 0 aliphatic carbocycles. The van der Waals surface area contributed by atoms with Gasteiger partial charge >= 0.3 is 0 Å². The number of nitrogens with two attached hydrogens (primary N) is 1. The van der Waals surface area contributed by atoms with Crippen LogP contribution in [0.15, 0.2) is 0 Å². The van der Waals surface area contributed by atoms with Crippen molar-refractivity contribution in [2.45, 2.75) is 30.6 Å². The summed E-state index contributed by atoms with van der Waals surface area (Å²) in [6.07, 6.45) is -3.96. The van der Waals surface area contributed by atoms with E-state index < -0.39 is 30.6 Å². The van der Waals surface area contributed by atoms with Crippen molar-refractivity contribution in [2.75, 3.05) is 13.7 Å². The Hall–Kier alpha value is -0.280. The minimum atomic E-state index is -1.17. The maximum atomic E-state index is 9.40. The van der Waals surface area contributed by atoms with E-state index in [9.17, 15) is 10.2 Å². The van der Waals surface area contributed by atoms with E-state index in [1.54, 1.807) is 0 Å². The quantitative estimate of drug-likeness (QED) is 0.341. The van der Waals surface area contributed by atoms with Gasteiger partial charge in [0.1, 0.15) is 18.3 Å². The van der Waals surface area contributed by atoms with Crippen molar-refractivity contribution < 1.29 is 24.8 Å². The van der Waals surface area contributed by atoms with E-state index >= 15 is 0 Å². The second-order valence-corrected chi connectivity index (χ2v) is 3.02. The molecule has 1 aliphatic rings. The fourth-order valence-corrected chi connectivity index (χ4v) is 1.32. The molecule has 0 aromatic rings. The Morgan fingerprint density at radius 2 is 1.93 bits per heavy atom. The average Bonchev–Trinajstić information content (AvgIpc) is 2.15. The first-order valence-electron chi connectivity index (χ1n) is 4.02. The topological polar surface area (TPSA) is 140 Å². The van der Waals surface area contributed by atoms with E-state index in [1.165, 1.54) is 7.11 Å². The maximum absolute atomic E-state index is 9.40. The lowest BCUT2D eigenvalue weighted by Gasteiger charge is -2.39. The zero-order valence-corrected chi connectivity index (χ0v) is 8.04. The molecule has 8 N–H and O–H groups in total. The van der Waals surface area contributed by atoms with Crippen LogP contribution in [0.3, 0.4) is 0 Å². The summed E-state index contributed by atoms with van der Waals surface area (Å²) in [6.45, 7) is -0.384. The summed E-state index contributed by atoms with van der Waals surface area (Å²) in [5.74, 6) is 0. The van der Waals surface area contributed by atoms with Crippen molar-refractivity contribution in [3.05, 3.63) is 0 Å². The molecule has 0 bridgehead atoms. The van der Waals surface area contributed by atoms with Gasteiger partial charge in [0.2, 0.25) is 0 Å². The molecular weight excluding hydrogens is 192 g/mol. The molecule has 1 fully saturated rings. The Kier molecular flexibility index (Phi) is 5.45. The predicted octanol–water partition coefficient (Wildman–Crippen LogP) is -2.44. The van der Waals surface area contributed by atoms with Crippen LogP contribution in [0.5, 0.6) is 0 Å². The van der Waals surface area contributed by atoms with Gasteiger partial charge in [-0.1, -0.05) is 0 Å². The highest BCUT2D eigenvalue weighted by molar-refractivity contribution is 4.91. The van der Waals surface area contributed by atoms with Gasteiger partial charge in [0.15, 0.2) is 6.29 Å². The Balaban J connectivity index is 0.00000169. The first-order chi connectivity index (χ1) is 6.11. The van der Waals surface area contributed by atoms with Crippen molar-refractivity contribution in [1.29, 1.82) is 0 Å². The van der Waals surface area contributed by atoms with Crippen LogP contribution in [0, 0.1) is 0 Å². The molecule has 14 heavy (non-hydrogen) atoms. The normalized spacial score (nSPS) is 43.1. The fraction of sp³-hybridized carbons (Fsp3) is 1.00. The van der Waals surface area contributed by atoms with Crippen molar-refractivity contribution >= 4 is 0 Å². The van der Waals surface area contributed by atoms with Crippen LogP contribution in [-0.2, 0) is 9.47 Å². The predicted molar refractivity (Wildman–Crippen MR) is 47.8 cm³/mol. The van der Waals surface area contributed by atoms with Crippen LogP contribution in [0.4, 0.5) is 0 Å². The Labute approximate surface area is 82.0 Å². The fourth-order valence-electron chi connectivity index (χ4n) is 1.32. The van der Waals surface area contributed by atoms with Gasteiger partial charge in [-0.2, -0.15) is 0 Å². The van der Waals surface area contributed by atoms with Crippen molar-refractivity contribution in [3.63, 3.8) is 0 Å². The number of hydrogen-bond donors (Lipinski definition) is 5. The van der Waals surface area contributed by atoms with Crippen molar-refractivity contribution in [2.24, 2.45) is 5.73 Å². The molecule has 1 heterocycles. The van der Waals surface area contributed by atoms with Gasteiger partial charge in [-0.15, -0.1) is 0 Å². The lowest BCUT2D eigenvalue weighted by atomic mass is 9.98. The molecule has 0 amide bonds. The van der Waals surface area contributed by atoms with Crippen LogP contribution in [0.1, 0.15) is 0 Å². The molecule has 0 spiro atoms. The third kappa shape index (κ3) is 2.39. The Morgan fingerprint density at radius 3 is 2.36 bits per heavy atom. The lowest BCUT2D eigenvalue weighted by molar-refractivity contribution is -0.257. The van der Waals surface area contributed by atoms with Crippen LogP contribution in [-0.4, -0.2) is 59.7 Å². The molecule has 0 radical (unpaired) electrons. The zero-order chi connectivity index (χ0) is 10.0. The minimum absolute atomic E-state index is 0. The largest absolute Gasteiger partial charge is 0.394 e. The molecule has 7 heteroatoms. The van der Waals surface area contributed by atoms with Gasteiger partial charge in [0.25, 0.3) is 0 Å². The number of aliphatic hydroxyl groups is 3. The number of rotatable bonds is 2. The van der Waals surface area contributed by atoms with Crippen LogP contribution >= 0.6 is 0 Å². The van der Waals surface area contributed by atoms with Crippen LogP contribution in [0.2, 0.25) is 0 Å². The summed E-state index contributed by atoms with van der Waals surface area (Å²) in [4.78, 5) is 0. The summed E-state index contributed by atoms with van der Waals surface area (Å²) < 4.78 is 9.90. The van der Waals surface area contributed by atoms with E-state index in [4.69, 9.17) is 20.3 Å².